The molecule has 1 amide bonds. The predicted octanol–water partition coefficient (Wildman–Crippen LogP) is 5.20. The van der Waals surface area contributed by atoms with E-state index in [-0.39, 0.29) is 5.91 Å². The van der Waals surface area contributed by atoms with Gasteiger partial charge in [0.05, 0.1) is 24.7 Å². The lowest BCUT2D eigenvalue weighted by Gasteiger charge is -2.28. The number of carbonyl (C=O) groups excluding carboxylic acids is 1. The van der Waals surface area contributed by atoms with Crippen molar-refractivity contribution in [1.29, 1.82) is 5.26 Å². The molecule has 1 fully saturated rings. The van der Waals surface area contributed by atoms with Gasteiger partial charge in [0.25, 0.3) is 0 Å². The van der Waals surface area contributed by atoms with E-state index < -0.39 is 5.41 Å². The fourth-order valence-corrected chi connectivity index (χ4v) is 3.93. The van der Waals surface area contributed by atoms with Gasteiger partial charge in [-0.1, -0.05) is 38.3 Å². The Bertz CT molecular complexity index is 878. The Morgan fingerprint density at radius 2 is 1.90 bits per heavy atom. The van der Waals surface area contributed by atoms with Crippen LogP contribution >= 0.6 is 0 Å². The summed E-state index contributed by atoms with van der Waals surface area (Å²) in [4.78, 5) is 13.3. The van der Waals surface area contributed by atoms with Crippen molar-refractivity contribution >= 4 is 11.6 Å². The number of nitrogens with one attached hydrogen (secondary N) is 1. The molecule has 0 atom stereocenters. The molecular formula is C24H28N2O3. The highest BCUT2D eigenvalue weighted by Gasteiger charge is 2.42. The van der Waals surface area contributed by atoms with Crippen molar-refractivity contribution in [3.05, 3.63) is 53.6 Å². The molecule has 2 aromatic rings. The zero-order chi connectivity index (χ0) is 20.7. The number of methoxy groups -OCH3 is 1. The highest BCUT2D eigenvalue weighted by Crippen LogP contribution is 2.42. The molecule has 5 heteroatoms. The van der Waals surface area contributed by atoms with Crippen LogP contribution in [-0.4, -0.2) is 19.6 Å². The standard InChI is InChI=1S/C24H28N2O3/c1-3-4-15-29-22-12-9-20(16-18(22)17-25)26-23(27)24(13-5-6-14-24)19-7-10-21(28-2)11-8-19/h7-12,16H,3-6,13-15H2,1-2H3,(H,26,27). The number of benzene rings is 2. The third-order valence-electron chi connectivity index (χ3n) is 5.65. The number of unbranched alkanes of at least 4 members (excludes halogenated alkanes) is 1. The van der Waals surface area contributed by atoms with Crippen LogP contribution in [-0.2, 0) is 10.2 Å². The summed E-state index contributed by atoms with van der Waals surface area (Å²) < 4.78 is 10.9. The van der Waals surface area contributed by atoms with Gasteiger partial charge in [0.1, 0.15) is 17.6 Å². The van der Waals surface area contributed by atoms with E-state index in [0.717, 1.165) is 49.8 Å². The molecule has 1 aliphatic rings. The third kappa shape index (κ3) is 4.54. The van der Waals surface area contributed by atoms with E-state index in [0.29, 0.717) is 23.6 Å². The smallest absolute Gasteiger partial charge is 0.235 e. The number of nitrogens with zero attached hydrogens (tertiary/aromatic N) is 1. The zero-order valence-electron chi connectivity index (χ0n) is 17.2. The van der Waals surface area contributed by atoms with Crippen LogP contribution in [0, 0.1) is 11.3 Å². The maximum atomic E-state index is 13.3. The normalized spacial score (nSPS) is 14.8. The Morgan fingerprint density at radius 3 is 2.52 bits per heavy atom. The molecule has 2 aromatic carbocycles. The number of hydrogen-bond donors (Lipinski definition) is 1. The van der Waals surface area contributed by atoms with Gasteiger partial charge in [0.2, 0.25) is 5.91 Å². The highest BCUT2D eigenvalue weighted by molar-refractivity contribution is 5.99. The number of anilines is 1. The zero-order valence-corrected chi connectivity index (χ0v) is 17.2. The number of nitriles is 1. The Morgan fingerprint density at radius 1 is 1.17 bits per heavy atom. The molecule has 152 valence electrons. The maximum absolute atomic E-state index is 13.3. The Labute approximate surface area is 172 Å². The molecule has 1 N–H and O–H groups in total. The lowest BCUT2D eigenvalue weighted by atomic mass is 9.78. The molecule has 1 aliphatic carbocycles. The molecule has 0 spiro atoms. The van der Waals surface area contributed by atoms with Gasteiger partial charge in [-0.3, -0.25) is 4.79 Å². The fraction of sp³-hybridized carbons (Fsp3) is 0.417. The van der Waals surface area contributed by atoms with Crippen LogP contribution in [0.5, 0.6) is 11.5 Å². The first-order chi connectivity index (χ1) is 14.1. The third-order valence-corrected chi connectivity index (χ3v) is 5.65. The summed E-state index contributed by atoms with van der Waals surface area (Å²) in [5.74, 6) is 1.31. The second-order valence-corrected chi connectivity index (χ2v) is 7.50. The molecule has 0 saturated heterocycles. The first kappa shape index (κ1) is 20.7. The summed E-state index contributed by atoms with van der Waals surface area (Å²) in [6.07, 6.45) is 5.64. The summed E-state index contributed by atoms with van der Waals surface area (Å²) >= 11 is 0. The van der Waals surface area contributed by atoms with Crippen molar-refractivity contribution in [3.63, 3.8) is 0 Å². The molecule has 29 heavy (non-hydrogen) atoms. The topological polar surface area (TPSA) is 71.3 Å². The van der Waals surface area contributed by atoms with Crippen molar-refractivity contribution in [3.8, 4) is 17.6 Å². The van der Waals surface area contributed by atoms with Gasteiger partial charge in [-0.25, -0.2) is 0 Å². The van der Waals surface area contributed by atoms with E-state index in [4.69, 9.17) is 9.47 Å². The SMILES string of the molecule is CCCCOc1ccc(NC(=O)C2(c3ccc(OC)cc3)CCCC2)cc1C#N. The van der Waals surface area contributed by atoms with Crippen LogP contribution in [0.1, 0.15) is 56.6 Å². The number of rotatable bonds is 8. The van der Waals surface area contributed by atoms with Gasteiger partial charge in [-0.2, -0.15) is 5.26 Å². The Balaban J connectivity index is 1.80. The number of amides is 1. The van der Waals surface area contributed by atoms with Gasteiger partial charge in [-0.15, -0.1) is 0 Å². The van der Waals surface area contributed by atoms with Crippen molar-refractivity contribution in [2.45, 2.75) is 50.9 Å². The Hall–Kier alpha value is -3.00. The van der Waals surface area contributed by atoms with Gasteiger partial charge in [0.15, 0.2) is 0 Å². The maximum Gasteiger partial charge on any atom is 0.235 e. The van der Waals surface area contributed by atoms with Crippen LogP contribution in [0.25, 0.3) is 0 Å². The summed E-state index contributed by atoms with van der Waals surface area (Å²) in [6, 6.07) is 15.2. The summed E-state index contributed by atoms with van der Waals surface area (Å²) in [5, 5.41) is 12.5. The van der Waals surface area contributed by atoms with Gasteiger partial charge in [0, 0.05) is 5.69 Å². The van der Waals surface area contributed by atoms with Gasteiger partial charge in [-0.05, 0) is 55.2 Å². The lowest BCUT2D eigenvalue weighted by molar-refractivity contribution is -0.121. The predicted molar refractivity (Wildman–Crippen MR) is 113 cm³/mol. The highest BCUT2D eigenvalue weighted by atomic mass is 16.5. The second-order valence-electron chi connectivity index (χ2n) is 7.50. The molecule has 1 saturated carbocycles. The van der Waals surface area contributed by atoms with E-state index in [1.807, 2.05) is 24.3 Å². The van der Waals surface area contributed by atoms with Crippen LogP contribution in [0.2, 0.25) is 0 Å². The first-order valence-corrected chi connectivity index (χ1v) is 10.3. The van der Waals surface area contributed by atoms with E-state index in [1.165, 1.54) is 0 Å². The average molecular weight is 392 g/mol. The summed E-state index contributed by atoms with van der Waals surface area (Å²) in [5.41, 5.74) is 1.52. The lowest BCUT2D eigenvalue weighted by Crippen LogP contribution is -2.38. The molecular weight excluding hydrogens is 364 g/mol. The van der Waals surface area contributed by atoms with Gasteiger partial charge >= 0.3 is 0 Å². The van der Waals surface area contributed by atoms with Crippen LogP contribution in [0.15, 0.2) is 42.5 Å². The molecule has 0 heterocycles. The largest absolute Gasteiger partial charge is 0.497 e. The quantitative estimate of drug-likeness (QED) is 0.627. The molecule has 0 aromatic heterocycles. The van der Waals surface area contributed by atoms with Gasteiger partial charge < -0.3 is 14.8 Å². The van der Waals surface area contributed by atoms with Crippen LogP contribution < -0.4 is 14.8 Å². The molecule has 0 bridgehead atoms. The van der Waals surface area contributed by atoms with Crippen molar-refractivity contribution in [1.82, 2.24) is 0 Å². The number of ether oxygens (including phenoxy) is 2. The van der Waals surface area contributed by atoms with E-state index >= 15 is 0 Å². The monoisotopic (exact) mass is 392 g/mol. The number of carbonyl (C=O) groups is 1. The Kier molecular flexibility index (Phi) is 6.77. The van der Waals surface area contributed by atoms with E-state index in [2.05, 4.69) is 18.3 Å². The summed E-state index contributed by atoms with van der Waals surface area (Å²) in [7, 11) is 1.63. The molecule has 3 rings (SSSR count). The van der Waals surface area contributed by atoms with Crippen LogP contribution in [0.4, 0.5) is 5.69 Å². The first-order valence-electron chi connectivity index (χ1n) is 10.3. The molecule has 0 aliphatic heterocycles. The van der Waals surface area contributed by atoms with Crippen LogP contribution in [0.3, 0.4) is 0 Å². The molecule has 0 radical (unpaired) electrons. The minimum atomic E-state index is -0.546. The average Bonchev–Trinajstić information content (AvgIpc) is 3.26. The van der Waals surface area contributed by atoms with E-state index in [9.17, 15) is 10.1 Å². The molecule has 0 unspecified atom stereocenters. The minimum absolute atomic E-state index is 0.0243. The van der Waals surface area contributed by atoms with Crippen molar-refractivity contribution in [2.24, 2.45) is 0 Å². The molecule has 5 nitrogen and oxygen atoms in total. The van der Waals surface area contributed by atoms with Crippen molar-refractivity contribution < 1.29 is 14.3 Å². The second kappa shape index (κ2) is 9.47. The van der Waals surface area contributed by atoms with E-state index in [1.54, 1.807) is 25.3 Å². The minimum Gasteiger partial charge on any atom is -0.497 e. The number of hydrogen-bond acceptors (Lipinski definition) is 4. The summed E-state index contributed by atoms with van der Waals surface area (Å²) in [6.45, 7) is 2.67. The van der Waals surface area contributed by atoms with Crippen molar-refractivity contribution in [2.75, 3.05) is 19.0 Å². The fourth-order valence-electron chi connectivity index (χ4n) is 3.93.